The average molecular weight is 339 g/mol. The molecule has 1 N–H and O–H groups in total. The molecule has 0 unspecified atom stereocenters. The fraction of sp³-hybridized carbons (Fsp3) is 0.556. The van der Waals surface area contributed by atoms with Crippen molar-refractivity contribution in [2.45, 2.75) is 70.2 Å². The molecule has 1 rings (SSSR count). The third kappa shape index (κ3) is 6.59. The maximum absolute atomic E-state index is 12.9. The van der Waals surface area contributed by atoms with Crippen LogP contribution in [0.1, 0.15) is 38.2 Å². The Morgan fingerprint density at radius 3 is 2.32 bits per heavy atom. The van der Waals surface area contributed by atoms with Gasteiger partial charge >= 0.3 is 0 Å². The molecule has 0 amide bonds. The Kier molecular flexibility index (Phi) is 7.73. The summed E-state index contributed by atoms with van der Waals surface area (Å²) in [5, 5.41) is 10.5. The van der Waals surface area contributed by atoms with Crippen molar-refractivity contribution in [3.8, 4) is 0 Å². The minimum Gasteiger partial charge on any atom is -0.388 e. The first kappa shape index (κ1) is 19.3. The van der Waals surface area contributed by atoms with Gasteiger partial charge in [0.2, 0.25) is 0 Å². The van der Waals surface area contributed by atoms with Gasteiger partial charge in [-0.1, -0.05) is 69.2 Å². The van der Waals surface area contributed by atoms with E-state index in [1.54, 1.807) is 0 Å². The van der Waals surface area contributed by atoms with Crippen LogP contribution in [0.3, 0.4) is 0 Å². The molecule has 1 aromatic rings. The number of unbranched alkanes of at least 4 members (excludes halogenated alkanes) is 2. The summed E-state index contributed by atoms with van der Waals surface area (Å²) in [5.74, 6) is 0. The summed E-state index contributed by atoms with van der Waals surface area (Å²) in [6.07, 6.45) is 3.31. The molecule has 124 valence electrons. The van der Waals surface area contributed by atoms with Crippen molar-refractivity contribution in [3.05, 3.63) is 40.4 Å². The summed E-state index contributed by atoms with van der Waals surface area (Å²) in [7, 11) is -2.82. The molecule has 0 spiro atoms. The maximum atomic E-state index is 12.9. The lowest BCUT2D eigenvalue weighted by Gasteiger charge is -2.19. The van der Waals surface area contributed by atoms with E-state index in [0.717, 1.165) is 29.7 Å². The Hall–Kier alpha value is -0.713. The van der Waals surface area contributed by atoms with Gasteiger partial charge < -0.3 is 5.11 Å². The summed E-state index contributed by atoms with van der Waals surface area (Å²) >= 11 is 0. The fourth-order valence-electron chi connectivity index (χ4n) is 2.23. The van der Waals surface area contributed by atoms with E-state index in [0.29, 0.717) is 11.3 Å². The molecule has 0 aromatic heterocycles. The first-order chi connectivity index (χ1) is 10.2. The Labute approximate surface area is 139 Å². The molecule has 0 heterocycles. The Bertz CT molecular complexity index is 515. The SMILES string of the molecule is CCCCC[C@H](O)/C(=C\[Si](C)(C)C)[S@](=O)c1ccc(C)cc1. The highest BCUT2D eigenvalue weighted by atomic mass is 32.2. The first-order valence-corrected chi connectivity index (χ1v) is 12.9. The van der Waals surface area contributed by atoms with E-state index >= 15 is 0 Å². The molecule has 22 heavy (non-hydrogen) atoms. The van der Waals surface area contributed by atoms with Gasteiger partial charge in [0.1, 0.15) is 0 Å². The second-order valence-electron chi connectivity index (χ2n) is 7.01. The average Bonchev–Trinajstić information content (AvgIpc) is 2.44. The zero-order chi connectivity index (χ0) is 16.8. The quantitative estimate of drug-likeness (QED) is 0.546. The lowest BCUT2D eigenvalue weighted by atomic mass is 10.1. The van der Waals surface area contributed by atoms with Crippen LogP contribution in [0, 0.1) is 6.92 Å². The van der Waals surface area contributed by atoms with Crippen LogP contribution < -0.4 is 0 Å². The van der Waals surface area contributed by atoms with Gasteiger partial charge in [0.15, 0.2) is 0 Å². The van der Waals surface area contributed by atoms with E-state index in [-0.39, 0.29) is 0 Å². The van der Waals surface area contributed by atoms with Crippen LogP contribution in [0.5, 0.6) is 0 Å². The topological polar surface area (TPSA) is 37.3 Å². The van der Waals surface area contributed by atoms with E-state index in [1.165, 1.54) is 0 Å². The number of rotatable bonds is 8. The van der Waals surface area contributed by atoms with Gasteiger partial charge in [-0.15, -0.1) is 0 Å². The monoisotopic (exact) mass is 338 g/mol. The Morgan fingerprint density at radius 2 is 1.82 bits per heavy atom. The van der Waals surface area contributed by atoms with E-state index < -0.39 is 25.0 Å². The van der Waals surface area contributed by atoms with Crippen molar-refractivity contribution in [2.75, 3.05) is 0 Å². The fourth-order valence-corrected chi connectivity index (χ4v) is 5.78. The minimum absolute atomic E-state index is 0.597. The third-order valence-electron chi connectivity index (χ3n) is 3.43. The number of aryl methyl sites for hydroxylation is 1. The number of hydrogen-bond donors (Lipinski definition) is 1. The molecular formula is C18H30O2SSi. The molecule has 0 saturated heterocycles. The maximum Gasteiger partial charge on any atom is 0.0870 e. The van der Waals surface area contributed by atoms with Gasteiger partial charge in [0, 0.05) is 9.80 Å². The molecule has 0 aliphatic heterocycles. The Balaban J connectivity index is 3.02. The lowest BCUT2D eigenvalue weighted by molar-refractivity contribution is 0.204. The van der Waals surface area contributed by atoms with Crippen molar-refractivity contribution in [3.63, 3.8) is 0 Å². The zero-order valence-electron chi connectivity index (χ0n) is 14.6. The van der Waals surface area contributed by atoms with Crippen molar-refractivity contribution >= 4 is 18.9 Å². The van der Waals surface area contributed by atoms with Crippen molar-refractivity contribution in [1.82, 2.24) is 0 Å². The molecular weight excluding hydrogens is 308 g/mol. The standard InChI is InChI=1S/C18H30O2SSi/c1-6-7-8-9-17(19)18(14-22(3,4)5)21(20)16-12-10-15(2)11-13-16/h10-14,17,19H,6-9H2,1-5H3/b18-14+/t17-,21+/m0/s1. The molecule has 0 fully saturated rings. The molecule has 0 aliphatic rings. The predicted molar refractivity (Wildman–Crippen MR) is 99.2 cm³/mol. The van der Waals surface area contributed by atoms with Crippen LogP contribution in [-0.4, -0.2) is 23.5 Å². The highest BCUT2D eigenvalue weighted by molar-refractivity contribution is 7.89. The first-order valence-electron chi connectivity index (χ1n) is 8.14. The molecule has 0 radical (unpaired) electrons. The van der Waals surface area contributed by atoms with Crippen LogP contribution in [0.2, 0.25) is 19.6 Å². The molecule has 2 atom stereocenters. The van der Waals surface area contributed by atoms with E-state index in [9.17, 15) is 9.32 Å². The molecule has 2 nitrogen and oxygen atoms in total. The van der Waals surface area contributed by atoms with E-state index in [2.05, 4.69) is 32.3 Å². The van der Waals surface area contributed by atoms with Crippen LogP contribution in [0.15, 0.2) is 39.8 Å². The molecule has 0 saturated carbocycles. The number of aliphatic hydroxyl groups is 1. The van der Waals surface area contributed by atoms with Gasteiger partial charge in [-0.2, -0.15) is 0 Å². The predicted octanol–water partition coefficient (Wildman–Crippen LogP) is 4.81. The second kappa shape index (κ2) is 8.80. The summed E-state index contributed by atoms with van der Waals surface area (Å²) in [6, 6.07) is 7.76. The van der Waals surface area contributed by atoms with Crippen LogP contribution in [0.4, 0.5) is 0 Å². The van der Waals surface area contributed by atoms with E-state index in [1.807, 2.05) is 31.2 Å². The molecule has 1 aromatic carbocycles. The van der Waals surface area contributed by atoms with Crippen molar-refractivity contribution in [1.29, 1.82) is 0 Å². The normalized spacial score (nSPS) is 15.6. The highest BCUT2D eigenvalue weighted by Gasteiger charge is 2.22. The zero-order valence-corrected chi connectivity index (χ0v) is 16.4. The summed E-state index contributed by atoms with van der Waals surface area (Å²) in [4.78, 5) is 1.49. The van der Waals surface area contributed by atoms with Crippen LogP contribution >= 0.6 is 0 Å². The lowest BCUT2D eigenvalue weighted by Crippen LogP contribution is -2.23. The second-order valence-corrected chi connectivity index (χ2v) is 13.5. The highest BCUT2D eigenvalue weighted by Crippen LogP contribution is 2.23. The van der Waals surface area contributed by atoms with Crippen molar-refractivity contribution in [2.24, 2.45) is 0 Å². The van der Waals surface area contributed by atoms with E-state index in [4.69, 9.17) is 0 Å². The molecule has 0 bridgehead atoms. The van der Waals surface area contributed by atoms with Gasteiger partial charge in [-0.3, -0.25) is 0 Å². The largest absolute Gasteiger partial charge is 0.388 e. The van der Waals surface area contributed by atoms with Gasteiger partial charge in [-0.25, -0.2) is 4.21 Å². The number of benzene rings is 1. The molecule has 4 heteroatoms. The van der Waals surface area contributed by atoms with Crippen molar-refractivity contribution < 1.29 is 9.32 Å². The van der Waals surface area contributed by atoms with Gasteiger partial charge in [-0.05, 0) is 25.5 Å². The van der Waals surface area contributed by atoms with Gasteiger partial charge in [0.25, 0.3) is 0 Å². The summed E-state index contributed by atoms with van der Waals surface area (Å²) < 4.78 is 12.9. The van der Waals surface area contributed by atoms with Gasteiger partial charge in [0.05, 0.1) is 25.0 Å². The number of hydrogen-bond acceptors (Lipinski definition) is 2. The smallest absolute Gasteiger partial charge is 0.0870 e. The summed E-state index contributed by atoms with van der Waals surface area (Å²) in [5.41, 5.74) is 3.26. The third-order valence-corrected chi connectivity index (χ3v) is 6.34. The Morgan fingerprint density at radius 1 is 1.23 bits per heavy atom. The number of aliphatic hydroxyl groups excluding tert-OH is 1. The summed E-state index contributed by atoms with van der Waals surface area (Å²) in [6.45, 7) is 10.8. The minimum atomic E-state index is -1.55. The van der Waals surface area contributed by atoms with Crippen LogP contribution in [0.25, 0.3) is 0 Å². The van der Waals surface area contributed by atoms with Crippen LogP contribution in [-0.2, 0) is 10.8 Å². The molecule has 0 aliphatic carbocycles.